The first-order valence-corrected chi connectivity index (χ1v) is 8.87. The number of methoxy groups -OCH3 is 1. The number of hydrogen-bond donors (Lipinski definition) is 2. The van der Waals surface area contributed by atoms with Crippen LogP contribution >= 0.6 is 0 Å². The van der Waals surface area contributed by atoms with Gasteiger partial charge in [0.15, 0.2) is 5.50 Å². The van der Waals surface area contributed by atoms with Crippen molar-refractivity contribution >= 4 is 22.2 Å². The van der Waals surface area contributed by atoms with Crippen LogP contribution in [0.4, 0.5) is 11.4 Å². The normalized spacial score (nSPS) is 17.1. The van der Waals surface area contributed by atoms with Crippen molar-refractivity contribution in [1.82, 2.24) is 4.98 Å². The van der Waals surface area contributed by atoms with Crippen LogP contribution in [0.3, 0.4) is 0 Å². The Kier molecular flexibility index (Phi) is 4.26. The largest absolute Gasteiger partial charge is 0.497 e. The van der Waals surface area contributed by atoms with E-state index in [2.05, 4.69) is 22.5 Å². The Morgan fingerprint density at radius 1 is 1.17 bits per heavy atom. The first kappa shape index (κ1) is 15.8. The predicted octanol–water partition coefficient (Wildman–Crippen LogP) is 3.09. The van der Waals surface area contributed by atoms with Crippen LogP contribution in [0, 0.1) is 20.8 Å². The number of nitrogens with zero attached hydrogens (tertiary/aromatic N) is 1. The van der Waals surface area contributed by atoms with Crippen LogP contribution in [0.25, 0.3) is 0 Å². The smallest absolute Gasteiger partial charge is 0.175 e. The fourth-order valence-electron chi connectivity index (χ4n) is 2.59. The van der Waals surface area contributed by atoms with Gasteiger partial charge < -0.3 is 15.4 Å². The number of benzene rings is 1. The molecule has 0 amide bonds. The van der Waals surface area contributed by atoms with Crippen molar-refractivity contribution in [2.75, 3.05) is 17.7 Å². The lowest BCUT2D eigenvalue weighted by Gasteiger charge is -2.14. The van der Waals surface area contributed by atoms with Gasteiger partial charge in [-0.25, -0.2) is 0 Å². The predicted molar refractivity (Wildman–Crippen MR) is 94.3 cm³/mol. The van der Waals surface area contributed by atoms with Gasteiger partial charge in [-0.15, -0.1) is 0 Å². The lowest BCUT2D eigenvalue weighted by molar-refractivity contribution is 0.415. The molecule has 0 spiro atoms. The van der Waals surface area contributed by atoms with Crippen LogP contribution in [-0.4, -0.2) is 21.8 Å². The van der Waals surface area contributed by atoms with E-state index in [0.717, 1.165) is 33.9 Å². The second kappa shape index (κ2) is 6.20. The molecule has 122 valence electrons. The number of hydrogen-bond acceptors (Lipinski definition) is 5. The number of pyridine rings is 1. The maximum atomic E-state index is 12.7. The summed E-state index contributed by atoms with van der Waals surface area (Å²) in [5.74, 6) is 1.19. The number of ether oxygens (including phenoxy) is 1. The summed E-state index contributed by atoms with van der Waals surface area (Å²) < 4.78 is 17.9. The molecule has 0 aliphatic carbocycles. The van der Waals surface area contributed by atoms with Crippen molar-refractivity contribution in [3.63, 3.8) is 0 Å². The highest BCUT2D eigenvalue weighted by molar-refractivity contribution is 7.85. The second-order valence-electron chi connectivity index (χ2n) is 5.74. The van der Waals surface area contributed by atoms with E-state index in [9.17, 15) is 4.21 Å². The van der Waals surface area contributed by atoms with E-state index in [4.69, 9.17) is 4.74 Å². The summed E-state index contributed by atoms with van der Waals surface area (Å²) in [5.41, 5.74) is 5.92. The molecule has 1 aromatic carbocycles. The Balaban J connectivity index is 1.75. The Hall–Kier alpha value is -2.08. The van der Waals surface area contributed by atoms with Crippen LogP contribution < -0.4 is 15.4 Å². The molecule has 0 saturated carbocycles. The van der Waals surface area contributed by atoms with E-state index < -0.39 is 10.8 Å². The van der Waals surface area contributed by atoms with Gasteiger partial charge in [-0.05, 0) is 49.6 Å². The number of aromatic nitrogens is 1. The van der Waals surface area contributed by atoms with Crippen molar-refractivity contribution in [2.45, 2.75) is 32.0 Å². The van der Waals surface area contributed by atoms with Gasteiger partial charge in [-0.3, -0.25) is 9.19 Å². The van der Waals surface area contributed by atoms with Gasteiger partial charge in [0, 0.05) is 12.3 Å². The topological polar surface area (TPSA) is 63.2 Å². The van der Waals surface area contributed by atoms with Crippen molar-refractivity contribution in [3.8, 4) is 5.75 Å². The first-order valence-electron chi connectivity index (χ1n) is 7.49. The quantitative estimate of drug-likeness (QED) is 0.901. The molecule has 0 fully saturated rings. The van der Waals surface area contributed by atoms with Gasteiger partial charge in [0.05, 0.1) is 40.7 Å². The van der Waals surface area contributed by atoms with Gasteiger partial charge in [0.25, 0.3) is 0 Å². The Bertz CT molecular complexity index is 777. The maximum absolute atomic E-state index is 12.7. The highest BCUT2D eigenvalue weighted by atomic mass is 32.2. The summed E-state index contributed by atoms with van der Waals surface area (Å²) in [6.45, 7) is 6.16. The average molecular weight is 331 g/mol. The summed E-state index contributed by atoms with van der Waals surface area (Å²) in [4.78, 5) is 4.46. The molecule has 0 saturated heterocycles. The van der Waals surface area contributed by atoms with Crippen LogP contribution in [0.2, 0.25) is 0 Å². The zero-order valence-corrected chi connectivity index (χ0v) is 14.6. The second-order valence-corrected chi connectivity index (χ2v) is 7.26. The fourth-order valence-corrected chi connectivity index (χ4v) is 3.83. The Labute approximate surface area is 138 Å². The van der Waals surface area contributed by atoms with Crippen LogP contribution in [0.15, 0.2) is 24.4 Å². The number of fused-ring (bicyclic) bond motifs is 1. The molecule has 0 bridgehead atoms. The van der Waals surface area contributed by atoms with E-state index in [-0.39, 0.29) is 5.50 Å². The molecule has 1 aromatic heterocycles. The third-order valence-corrected chi connectivity index (χ3v) is 5.66. The molecule has 23 heavy (non-hydrogen) atoms. The minimum absolute atomic E-state index is 0.320. The van der Waals surface area contributed by atoms with E-state index in [1.807, 2.05) is 38.2 Å². The lowest BCUT2D eigenvalue weighted by atomic mass is 10.1. The monoisotopic (exact) mass is 331 g/mol. The number of rotatable bonds is 4. The maximum Gasteiger partial charge on any atom is 0.175 e. The minimum Gasteiger partial charge on any atom is -0.497 e. The van der Waals surface area contributed by atoms with E-state index in [0.29, 0.717) is 5.75 Å². The molecule has 6 heteroatoms. The third-order valence-electron chi connectivity index (χ3n) is 4.34. The molecule has 2 aromatic rings. The SMILES string of the molecule is COc1ccc2c(c1)NC(S(=O)Cc1ncc(C)c(C)c1C)N2. The van der Waals surface area contributed by atoms with Crippen LogP contribution in [-0.2, 0) is 16.6 Å². The average Bonchev–Trinajstić information content (AvgIpc) is 2.98. The summed E-state index contributed by atoms with van der Waals surface area (Å²) in [5, 5.41) is 6.51. The van der Waals surface area contributed by atoms with Gasteiger partial charge in [-0.2, -0.15) is 0 Å². The van der Waals surface area contributed by atoms with Crippen LogP contribution in [0.1, 0.15) is 22.4 Å². The van der Waals surface area contributed by atoms with E-state index in [1.54, 1.807) is 7.11 Å². The Morgan fingerprint density at radius 3 is 2.65 bits per heavy atom. The first-order chi connectivity index (χ1) is 11.0. The van der Waals surface area contributed by atoms with Crippen molar-refractivity contribution in [3.05, 3.63) is 46.8 Å². The highest BCUT2D eigenvalue weighted by Crippen LogP contribution is 2.33. The van der Waals surface area contributed by atoms with Crippen LogP contribution in [0.5, 0.6) is 5.75 Å². The summed E-state index contributed by atoms with van der Waals surface area (Å²) in [7, 11) is 0.501. The summed E-state index contributed by atoms with van der Waals surface area (Å²) >= 11 is 0. The molecular weight excluding hydrogens is 310 g/mol. The minimum atomic E-state index is -1.13. The zero-order chi connectivity index (χ0) is 16.6. The van der Waals surface area contributed by atoms with Gasteiger partial charge in [-0.1, -0.05) is 0 Å². The summed E-state index contributed by atoms with van der Waals surface area (Å²) in [6.07, 6.45) is 1.85. The molecule has 2 N–H and O–H groups in total. The van der Waals surface area contributed by atoms with Crippen molar-refractivity contribution in [2.24, 2.45) is 0 Å². The summed E-state index contributed by atoms with van der Waals surface area (Å²) in [6, 6.07) is 5.71. The number of nitrogens with one attached hydrogen (secondary N) is 2. The molecule has 0 radical (unpaired) electrons. The van der Waals surface area contributed by atoms with E-state index >= 15 is 0 Å². The molecule has 2 unspecified atom stereocenters. The zero-order valence-electron chi connectivity index (χ0n) is 13.8. The molecule has 1 aliphatic heterocycles. The third kappa shape index (κ3) is 3.03. The van der Waals surface area contributed by atoms with Crippen molar-refractivity contribution < 1.29 is 8.95 Å². The Morgan fingerprint density at radius 2 is 1.91 bits per heavy atom. The lowest BCUT2D eigenvalue weighted by Crippen LogP contribution is -2.29. The molecular formula is C17H21N3O2S. The molecule has 1 aliphatic rings. The van der Waals surface area contributed by atoms with Gasteiger partial charge >= 0.3 is 0 Å². The van der Waals surface area contributed by atoms with Gasteiger partial charge in [0.1, 0.15) is 5.75 Å². The van der Waals surface area contributed by atoms with E-state index in [1.165, 1.54) is 5.56 Å². The molecule has 5 nitrogen and oxygen atoms in total. The highest BCUT2D eigenvalue weighted by Gasteiger charge is 2.26. The van der Waals surface area contributed by atoms with Gasteiger partial charge in [0.2, 0.25) is 0 Å². The standard InChI is InChI=1S/C17H21N3O2S/c1-10-8-18-16(12(3)11(10)2)9-23(21)17-19-14-6-5-13(22-4)7-15(14)20-17/h5-8,17,19-20H,9H2,1-4H3. The fraction of sp³-hybridized carbons (Fsp3) is 0.353. The molecule has 2 atom stereocenters. The molecule has 3 rings (SSSR count). The number of aryl methyl sites for hydroxylation is 1. The van der Waals surface area contributed by atoms with Crippen molar-refractivity contribution in [1.29, 1.82) is 0 Å². The molecule has 2 heterocycles. The number of anilines is 2.